The maximum Gasteiger partial charge on any atom is 0.308 e. The minimum absolute atomic E-state index is 0.130. The number of hydrogen-bond donors (Lipinski definition) is 1. The van der Waals surface area contributed by atoms with Gasteiger partial charge in [0.15, 0.2) is 0 Å². The number of sulfonamides is 1. The second kappa shape index (κ2) is 6.68. The van der Waals surface area contributed by atoms with Crippen LogP contribution in [0, 0.1) is 5.41 Å². The van der Waals surface area contributed by atoms with E-state index in [0.717, 1.165) is 37.0 Å². The monoisotopic (exact) mass is 345 g/mol. The topological polar surface area (TPSA) is 74.7 Å². The lowest BCUT2D eigenvalue weighted by Gasteiger charge is -2.40. The number of hydrogen-bond acceptors (Lipinski definition) is 4. The Balaban J connectivity index is 2.11. The maximum absolute atomic E-state index is 12.7. The van der Waals surface area contributed by atoms with Crippen LogP contribution >= 0.6 is 11.3 Å². The minimum atomic E-state index is -3.48. The van der Waals surface area contributed by atoms with Crippen molar-refractivity contribution >= 4 is 27.3 Å². The molecule has 0 aromatic carbocycles. The smallest absolute Gasteiger partial charge is 0.308 e. The Bertz CT molecular complexity index is 622. The Kier molecular flexibility index (Phi) is 5.29. The predicted octanol–water partition coefficient (Wildman–Crippen LogP) is 2.97. The van der Waals surface area contributed by atoms with Crippen LogP contribution in [-0.4, -0.2) is 36.9 Å². The van der Waals surface area contributed by atoms with Crippen LogP contribution in [0.5, 0.6) is 0 Å². The summed E-state index contributed by atoms with van der Waals surface area (Å²) in [5.74, 6) is -0.945. The Hall–Kier alpha value is -0.920. The molecular formula is C15H23NO4S2. The highest BCUT2D eigenvalue weighted by Crippen LogP contribution is 2.39. The van der Waals surface area contributed by atoms with Crippen molar-refractivity contribution < 1.29 is 18.3 Å². The van der Waals surface area contributed by atoms with Gasteiger partial charge >= 0.3 is 5.97 Å². The molecule has 1 aromatic rings. The van der Waals surface area contributed by atoms with E-state index in [1.807, 2.05) is 0 Å². The van der Waals surface area contributed by atoms with Crippen molar-refractivity contribution in [1.29, 1.82) is 0 Å². The Morgan fingerprint density at radius 2 is 1.86 bits per heavy atom. The molecule has 1 aliphatic rings. The molecule has 1 saturated heterocycles. The fourth-order valence-electron chi connectivity index (χ4n) is 3.03. The lowest BCUT2D eigenvalue weighted by Crippen LogP contribution is -2.42. The van der Waals surface area contributed by atoms with Crippen molar-refractivity contribution in [2.45, 2.75) is 50.2 Å². The minimum Gasteiger partial charge on any atom is -0.481 e. The van der Waals surface area contributed by atoms with Crippen LogP contribution in [0.15, 0.2) is 16.3 Å². The summed E-state index contributed by atoms with van der Waals surface area (Å²) >= 11 is 1.06. The fourth-order valence-corrected chi connectivity index (χ4v) is 5.97. The van der Waals surface area contributed by atoms with Gasteiger partial charge in [0.2, 0.25) is 0 Å². The van der Waals surface area contributed by atoms with E-state index in [-0.39, 0.29) is 16.0 Å². The second-order valence-electron chi connectivity index (χ2n) is 5.90. The molecule has 0 aliphatic carbocycles. The van der Waals surface area contributed by atoms with Crippen LogP contribution in [0.3, 0.4) is 0 Å². The largest absolute Gasteiger partial charge is 0.481 e. The second-order valence-corrected chi connectivity index (χ2v) is 9.24. The standard InChI is InChI=1S/C15H23NO4S2/c1-3-15(4-2)7-9-16(10-8-15)22(19,20)14-6-5-12(21-14)11-13(17)18/h5-6H,3-4,7-11H2,1-2H3,(H,17,18). The quantitative estimate of drug-likeness (QED) is 0.860. The lowest BCUT2D eigenvalue weighted by molar-refractivity contribution is -0.136. The summed E-state index contributed by atoms with van der Waals surface area (Å²) in [6, 6.07) is 3.12. The summed E-state index contributed by atoms with van der Waals surface area (Å²) in [7, 11) is -3.48. The Morgan fingerprint density at radius 3 is 2.36 bits per heavy atom. The summed E-state index contributed by atoms with van der Waals surface area (Å²) in [6.45, 7) is 5.45. The average Bonchev–Trinajstić information content (AvgIpc) is 2.95. The van der Waals surface area contributed by atoms with E-state index >= 15 is 0 Å². The van der Waals surface area contributed by atoms with Gasteiger partial charge in [0.1, 0.15) is 4.21 Å². The van der Waals surface area contributed by atoms with Crippen molar-refractivity contribution in [3.8, 4) is 0 Å². The highest BCUT2D eigenvalue weighted by Gasteiger charge is 2.36. The zero-order valence-electron chi connectivity index (χ0n) is 13.0. The Labute approximate surface area is 136 Å². The molecule has 0 radical (unpaired) electrons. The predicted molar refractivity (Wildman–Crippen MR) is 86.7 cm³/mol. The van der Waals surface area contributed by atoms with Crippen molar-refractivity contribution in [3.05, 3.63) is 17.0 Å². The number of carboxylic acids is 1. The van der Waals surface area contributed by atoms with Crippen molar-refractivity contribution in [1.82, 2.24) is 4.31 Å². The van der Waals surface area contributed by atoms with E-state index < -0.39 is 16.0 Å². The van der Waals surface area contributed by atoms with Gasteiger partial charge < -0.3 is 5.11 Å². The summed E-state index contributed by atoms with van der Waals surface area (Å²) in [5.41, 5.74) is 0.274. The highest BCUT2D eigenvalue weighted by molar-refractivity contribution is 7.91. The number of carboxylic acid groups (broad SMARTS) is 1. The van der Waals surface area contributed by atoms with E-state index in [2.05, 4.69) is 13.8 Å². The highest BCUT2D eigenvalue weighted by atomic mass is 32.2. The third-order valence-electron chi connectivity index (χ3n) is 4.84. The van der Waals surface area contributed by atoms with Crippen LogP contribution in [0.2, 0.25) is 0 Å². The molecule has 1 fully saturated rings. The van der Waals surface area contributed by atoms with Gasteiger partial charge in [0, 0.05) is 18.0 Å². The third-order valence-corrected chi connectivity index (χ3v) is 8.29. The SMILES string of the molecule is CCC1(CC)CCN(S(=O)(=O)c2ccc(CC(=O)O)s2)CC1. The molecule has 124 valence electrons. The lowest BCUT2D eigenvalue weighted by atomic mass is 9.75. The first-order chi connectivity index (χ1) is 10.3. The molecule has 1 aliphatic heterocycles. The van der Waals surface area contributed by atoms with Crippen LogP contribution in [0.1, 0.15) is 44.4 Å². The van der Waals surface area contributed by atoms with E-state index in [4.69, 9.17) is 5.11 Å². The van der Waals surface area contributed by atoms with Crippen LogP contribution < -0.4 is 0 Å². The van der Waals surface area contributed by atoms with Gasteiger partial charge in [0.25, 0.3) is 10.0 Å². The summed E-state index contributed by atoms with van der Waals surface area (Å²) < 4.78 is 27.1. The molecule has 7 heteroatoms. The summed E-state index contributed by atoms with van der Waals surface area (Å²) in [5, 5.41) is 8.79. The van der Waals surface area contributed by atoms with E-state index in [1.165, 1.54) is 6.07 Å². The van der Waals surface area contributed by atoms with Crippen molar-refractivity contribution in [2.75, 3.05) is 13.1 Å². The first-order valence-electron chi connectivity index (χ1n) is 7.63. The van der Waals surface area contributed by atoms with Gasteiger partial charge in [-0.25, -0.2) is 8.42 Å². The average molecular weight is 345 g/mol. The number of rotatable bonds is 6. The van der Waals surface area contributed by atoms with E-state index in [9.17, 15) is 13.2 Å². The molecule has 2 rings (SSSR count). The molecule has 0 amide bonds. The Morgan fingerprint density at radius 1 is 1.27 bits per heavy atom. The molecule has 0 saturated carbocycles. The molecular weight excluding hydrogens is 322 g/mol. The molecule has 1 aromatic heterocycles. The number of thiophene rings is 1. The van der Waals surface area contributed by atoms with Crippen LogP contribution in [0.25, 0.3) is 0 Å². The molecule has 0 atom stereocenters. The summed E-state index contributed by atoms with van der Waals surface area (Å²) in [4.78, 5) is 11.3. The molecule has 0 bridgehead atoms. The molecule has 0 unspecified atom stereocenters. The molecule has 22 heavy (non-hydrogen) atoms. The maximum atomic E-state index is 12.7. The normalized spacial score (nSPS) is 19.2. The van der Waals surface area contributed by atoms with Gasteiger partial charge in [-0.2, -0.15) is 4.31 Å². The van der Waals surface area contributed by atoms with Gasteiger partial charge in [-0.05, 0) is 30.4 Å². The molecule has 1 N–H and O–H groups in total. The van der Waals surface area contributed by atoms with Crippen LogP contribution in [-0.2, 0) is 21.2 Å². The van der Waals surface area contributed by atoms with E-state index in [1.54, 1.807) is 10.4 Å². The van der Waals surface area contributed by atoms with Gasteiger partial charge in [-0.1, -0.05) is 26.7 Å². The number of nitrogens with zero attached hydrogens (tertiary/aromatic N) is 1. The third kappa shape index (κ3) is 3.52. The van der Waals surface area contributed by atoms with Gasteiger partial charge in [-0.3, -0.25) is 4.79 Å². The molecule has 5 nitrogen and oxygen atoms in total. The zero-order valence-corrected chi connectivity index (χ0v) is 14.7. The number of carbonyl (C=O) groups is 1. The first kappa shape index (κ1) is 17.4. The fraction of sp³-hybridized carbons (Fsp3) is 0.667. The van der Waals surface area contributed by atoms with E-state index in [0.29, 0.717) is 18.0 Å². The molecule has 2 heterocycles. The van der Waals surface area contributed by atoms with Crippen molar-refractivity contribution in [2.24, 2.45) is 5.41 Å². The van der Waals surface area contributed by atoms with Crippen LogP contribution in [0.4, 0.5) is 0 Å². The summed E-state index contributed by atoms with van der Waals surface area (Å²) in [6.07, 6.45) is 3.83. The number of aliphatic carboxylic acids is 1. The van der Waals surface area contributed by atoms with Gasteiger partial charge in [-0.15, -0.1) is 11.3 Å². The molecule has 0 spiro atoms. The number of piperidine rings is 1. The first-order valence-corrected chi connectivity index (χ1v) is 9.89. The van der Waals surface area contributed by atoms with Gasteiger partial charge in [0.05, 0.1) is 6.42 Å². The van der Waals surface area contributed by atoms with Crippen molar-refractivity contribution in [3.63, 3.8) is 0 Å². The zero-order chi connectivity index (χ0) is 16.4.